The fraction of sp³-hybridized carbons (Fsp3) is 0.133. The number of benzene rings is 1. The lowest BCUT2D eigenvalue weighted by Crippen LogP contribution is -1.94. The molecule has 3 aromatic rings. The third kappa shape index (κ3) is 1.85. The van der Waals surface area contributed by atoms with Crippen molar-refractivity contribution in [1.82, 2.24) is 4.57 Å². The van der Waals surface area contributed by atoms with Crippen LogP contribution in [0.2, 0.25) is 0 Å². The van der Waals surface area contributed by atoms with Crippen LogP contribution in [0.3, 0.4) is 0 Å². The van der Waals surface area contributed by atoms with E-state index in [4.69, 9.17) is 5.11 Å². The number of thiophene rings is 1. The Morgan fingerprint density at radius 1 is 1.21 bits per heavy atom. The van der Waals surface area contributed by atoms with E-state index < -0.39 is 5.97 Å². The van der Waals surface area contributed by atoms with Gasteiger partial charge >= 0.3 is 5.97 Å². The third-order valence-electron chi connectivity index (χ3n) is 3.20. The number of fused-ring (bicyclic) bond motifs is 1. The number of rotatable bonds is 2. The van der Waals surface area contributed by atoms with Crippen molar-refractivity contribution in [1.29, 1.82) is 0 Å². The van der Waals surface area contributed by atoms with Gasteiger partial charge in [-0.25, -0.2) is 4.79 Å². The standard InChI is InChI=1S/C15H13NO2S/c1-9-7-13(15(17)18)19-14(9)16-10(2)8-11-5-3-4-6-12(11)16/h3-8H,1-2H3,(H,17,18). The maximum atomic E-state index is 11.1. The molecule has 0 spiro atoms. The summed E-state index contributed by atoms with van der Waals surface area (Å²) in [4.78, 5) is 11.5. The van der Waals surface area contributed by atoms with Crippen molar-refractivity contribution >= 4 is 28.2 Å². The van der Waals surface area contributed by atoms with Gasteiger partial charge in [0.15, 0.2) is 0 Å². The van der Waals surface area contributed by atoms with Crippen molar-refractivity contribution in [2.24, 2.45) is 0 Å². The van der Waals surface area contributed by atoms with Crippen LogP contribution in [-0.4, -0.2) is 15.6 Å². The Hall–Kier alpha value is -2.07. The lowest BCUT2D eigenvalue weighted by Gasteiger charge is -2.06. The molecule has 0 fully saturated rings. The highest BCUT2D eigenvalue weighted by Crippen LogP contribution is 2.31. The second kappa shape index (κ2) is 4.24. The number of hydrogen-bond acceptors (Lipinski definition) is 2. The van der Waals surface area contributed by atoms with Crippen LogP contribution in [0.5, 0.6) is 0 Å². The van der Waals surface area contributed by atoms with E-state index in [-0.39, 0.29) is 0 Å². The van der Waals surface area contributed by atoms with E-state index in [0.29, 0.717) is 4.88 Å². The zero-order chi connectivity index (χ0) is 13.6. The molecule has 0 aliphatic carbocycles. The topological polar surface area (TPSA) is 42.2 Å². The summed E-state index contributed by atoms with van der Waals surface area (Å²) in [6.45, 7) is 3.99. The van der Waals surface area contributed by atoms with Gasteiger partial charge in [0.25, 0.3) is 0 Å². The second-order valence-electron chi connectivity index (χ2n) is 4.58. The summed E-state index contributed by atoms with van der Waals surface area (Å²) in [5.74, 6) is -0.867. The first-order valence-corrected chi connectivity index (χ1v) is 6.81. The van der Waals surface area contributed by atoms with Gasteiger partial charge in [0.05, 0.1) is 5.52 Å². The molecule has 1 aromatic carbocycles. The SMILES string of the molecule is Cc1cc(C(=O)O)sc1-n1c(C)cc2ccccc21. The largest absolute Gasteiger partial charge is 0.477 e. The number of aromatic carboxylic acids is 1. The molecule has 0 radical (unpaired) electrons. The van der Waals surface area contributed by atoms with Gasteiger partial charge in [0.2, 0.25) is 0 Å². The molecule has 0 saturated heterocycles. The molecule has 2 heterocycles. The molecular weight excluding hydrogens is 258 g/mol. The normalized spacial score (nSPS) is 11.1. The Balaban J connectivity index is 2.30. The van der Waals surface area contributed by atoms with Gasteiger partial charge in [-0.3, -0.25) is 0 Å². The Morgan fingerprint density at radius 3 is 2.63 bits per heavy atom. The highest BCUT2D eigenvalue weighted by Gasteiger charge is 2.15. The van der Waals surface area contributed by atoms with Crippen molar-refractivity contribution in [2.45, 2.75) is 13.8 Å². The monoisotopic (exact) mass is 271 g/mol. The molecule has 1 N–H and O–H groups in total. The number of para-hydroxylation sites is 1. The highest BCUT2D eigenvalue weighted by atomic mass is 32.1. The van der Waals surface area contributed by atoms with Crippen LogP contribution in [0.1, 0.15) is 20.9 Å². The van der Waals surface area contributed by atoms with E-state index in [9.17, 15) is 4.79 Å². The van der Waals surface area contributed by atoms with Gasteiger partial charge in [-0.1, -0.05) is 18.2 Å². The van der Waals surface area contributed by atoms with E-state index in [1.165, 1.54) is 16.7 Å². The summed E-state index contributed by atoms with van der Waals surface area (Å²) < 4.78 is 2.13. The average molecular weight is 271 g/mol. The van der Waals surface area contributed by atoms with Gasteiger partial charge in [0.1, 0.15) is 9.88 Å². The van der Waals surface area contributed by atoms with E-state index in [1.807, 2.05) is 26.0 Å². The van der Waals surface area contributed by atoms with Crippen LogP contribution in [0.4, 0.5) is 0 Å². The molecule has 0 aliphatic heterocycles. The third-order valence-corrected chi connectivity index (χ3v) is 4.41. The summed E-state index contributed by atoms with van der Waals surface area (Å²) in [5.41, 5.74) is 3.22. The summed E-state index contributed by atoms with van der Waals surface area (Å²) in [5, 5.41) is 11.3. The fourth-order valence-electron chi connectivity index (χ4n) is 2.36. The molecule has 96 valence electrons. The van der Waals surface area contributed by atoms with Crippen LogP contribution >= 0.6 is 11.3 Å². The predicted molar refractivity (Wildman–Crippen MR) is 77.6 cm³/mol. The van der Waals surface area contributed by atoms with Crippen LogP contribution < -0.4 is 0 Å². The molecule has 3 nitrogen and oxygen atoms in total. The van der Waals surface area contributed by atoms with E-state index in [2.05, 4.69) is 22.8 Å². The molecule has 0 saturated carbocycles. The number of aryl methyl sites for hydroxylation is 2. The van der Waals surface area contributed by atoms with E-state index in [0.717, 1.165) is 21.8 Å². The number of hydrogen-bond donors (Lipinski definition) is 1. The number of carboxylic acid groups (broad SMARTS) is 1. The lowest BCUT2D eigenvalue weighted by molar-refractivity contribution is 0.0702. The van der Waals surface area contributed by atoms with Crippen molar-refractivity contribution < 1.29 is 9.90 Å². The summed E-state index contributed by atoms with van der Waals surface area (Å²) in [6.07, 6.45) is 0. The summed E-state index contributed by atoms with van der Waals surface area (Å²) in [7, 11) is 0. The molecule has 0 atom stereocenters. The van der Waals surface area contributed by atoms with Gasteiger partial charge < -0.3 is 9.67 Å². The Morgan fingerprint density at radius 2 is 1.95 bits per heavy atom. The number of aromatic nitrogens is 1. The molecule has 0 unspecified atom stereocenters. The smallest absolute Gasteiger partial charge is 0.345 e. The average Bonchev–Trinajstić information content (AvgIpc) is 2.88. The molecule has 0 bridgehead atoms. The van der Waals surface area contributed by atoms with Crippen molar-refractivity contribution in [3.8, 4) is 5.00 Å². The number of carbonyl (C=O) groups is 1. The van der Waals surface area contributed by atoms with Crippen LogP contribution in [0.25, 0.3) is 15.9 Å². The van der Waals surface area contributed by atoms with Gasteiger partial charge in [-0.2, -0.15) is 0 Å². The molecular formula is C15H13NO2S. The fourth-order valence-corrected chi connectivity index (χ4v) is 3.45. The quantitative estimate of drug-likeness (QED) is 0.765. The number of nitrogens with zero attached hydrogens (tertiary/aromatic N) is 1. The van der Waals surface area contributed by atoms with Gasteiger partial charge in [-0.05, 0) is 37.6 Å². The lowest BCUT2D eigenvalue weighted by atomic mass is 10.2. The second-order valence-corrected chi connectivity index (χ2v) is 5.61. The minimum Gasteiger partial charge on any atom is -0.477 e. The Bertz CT molecular complexity index is 783. The van der Waals surface area contributed by atoms with Crippen LogP contribution in [0, 0.1) is 13.8 Å². The molecule has 19 heavy (non-hydrogen) atoms. The van der Waals surface area contributed by atoms with Gasteiger partial charge in [0, 0.05) is 11.1 Å². The maximum Gasteiger partial charge on any atom is 0.345 e. The van der Waals surface area contributed by atoms with Crippen LogP contribution in [-0.2, 0) is 0 Å². The Labute approximate surface area is 114 Å². The first kappa shape index (κ1) is 12.0. The Kier molecular flexibility index (Phi) is 2.68. The summed E-state index contributed by atoms with van der Waals surface area (Å²) >= 11 is 1.32. The molecule has 4 heteroatoms. The van der Waals surface area contributed by atoms with Crippen LogP contribution in [0.15, 0.2) is 36.4 Å². The molecule has 0 aliphatic rings. The van der Waals surface area contributed by atoms with Crippen molar-refractivity contribution in [3.05, 3.63) is 52.5 Å². The predicted octanol–water partition coefficient (Wildman–Crippen LogP) is 4.01. The minimum absolute atomic E-state index is 0.379. The molecule has 3 rings (SSSR count). The number of carboxylic acids is 1. The molecule has 2 aromatic heterocycles. The first-order valence-electron chi connectivity index (χ1n) is 5.99. The minimum atomic E-state index is -0.867. The zero-order valence-corrected chi connectivity index (χ0v) is 11.5. The first-order chi connectivity index (χ1) is 9.08. The summed E-state index contributed by atoms with van der Waals surface area (Å²) in [6, 6.07) is 12.0. The van der Waals surface area contributed by atoms with E-state index >= 15 is 0 Å². The van der Waals surface area contributed by atoms with E-state index in [1.54, 1.807) is 6.07 Å². The van der Waals surface area contributed by atoms with Crippen molar-refractivity contribution in [3.63, 3.8) is 0 Å². The van der Waals surface area contributed by atoms with Gasteiger partial charge in [-0.15, -0.1) is 11.3 Å². The maximum absolute atomic E-state index is 11.1. The highest BCUT2D eigenvalue weighted by molar-refractivity contribution is 7.16. The van der Waals surface area contributed by atoms with Crippen molar-refractivity contribution in [2.75, 3.05) is 0 Å². The zero-order valence-electron chi connectivity index (χ0n) is 10.7. The molecule has 0 amide bonds.